The molecule has 0 unspecified atom stereocenters. The number of hydrogen-bond donors (Lipinski definition) is 0. The number of hydrogen-bond acceptors (Lipinski definition) is 5. The van der Waals surface area contributed by atoms with Crippen LogP contribution in [0.4, 0.5) is 4.39 Å². The standard InChI is InChI=1S/C24H17ClFN3O3/c1-15-7-10-18(25)13-20(15)29-23(17-8-11-19(26)12-9-17)27-22(28-29)24(31)32-14-21(30)16-5-3-2-4-6-16/h2-13H,14H2,1H3. The third-order valence-corrected chi connectivity index (χ3v) is 4.96. The van der Waals surface area contributed by atoms with Crippen LogP contribution in [0.3, 0.4) is 0 Å². The molecule has 4 rings (SSSR count). The number of carbonyl (C=O) groups is 2. The molecule has 160 valence electrons. The Hall–Kier alpha value is -3.84. The van der Waals surface area contributed by atoms with Crippen molar-refractivity contribution in [2.24, 2.45) is 0 Å². The molecule has 0 saturated heterocycles. The van der Waals surface area contributed by atoms with Gasteiger partial charge in [0.05, 0.1) is 5.69 Å². The van der Waals surface area contributed by atoms with E-state index in [0.29, 0.717) is 27.7 Å². The summed E-state index contributed by atoms with van der Waals surface area (Å²) in [5.41, 5.74) is 2.41. The number of ketones is 1. The fraction of sp³-hybridized carbons (Fsp3) is 0.0833. The summed E-state index contributed by atoms with van der Waals surface area (Å²) in [5.74, 6) is -1.53. The highest BCUT2D eigenvalue weighted by molar-refractivity contribution is 6.30. The van der Waals surface area contributed by atoms with Crippen molar-refractivity contribution >= 4 is 23.4 Å². The Morgan fingerprint density at radius 1 is 1.03 bits per heavy atom. The van der Waals surface area contributed by atoms with Gasteiger partial charge in [-0.2, -0.15) is 0 Å². The minimum Gasteiger partial charge on any atom is -0.451 e. The van der Waals surface area contributed by atoms with Gasteiger partial charge in [0.1, 0.15) is 5.82 Å². The normalized spacial score (nSPS) is 10.7. The Bertz CT molecular complexity index is 1290. The molecule has 6 nitrogen and oxygen atoms in total. The Morgan fingerprint density at radius 3 is 2.47 bits per heavy atom. The van der Waals surface area contributed by atoms with Gasteiger partial charge in [0, 0.05) is 16.1 Å². The molecule has 0 N–H and O–H groups in total. The van der Waals surface area contributed by atoms with Gasteiger partial charge in [0.2, 0.25) is 0 Å². The fourth-order valence-corrected chi connectivity index (χ4v) is 3.23. The van der Waals surface area contributed by atoms with Crippen molar-refractivity contribution in [3.05, 3.63) is 101 Å². The van der Waals surface area contributed by atoms with E-state index in [9.17, 15) is 14.0 Å². The van der Waals surface area contributed by atoms with E-state index in [4.69, 9.17) is 16.3 Å². The Labute approximate surface area is 188 Å². The van der Waals surface area contributed by atoms with Crippen molar-refractivity contribution in [1.29, 1.82) is 0 Å². The molecule has 0 atom stereocenters. The highest BCUT2D eigenvalue weighted by Crippen LogP contribution is 2.26. The molecule has 4 aromatic rings. The zero-order chi connectivity index (χ0) is 22.7. The van der Waals surface area contributed by atoms with E-state index in [1.165, 1.54) is 28.9 Å². The summed E-state index contributed by atoms with van der Waals surface area (Å²) in [6.07, 6.45) is 0. The first-order valence-electron chi connectivity index (χ1n) is 9.67. The summed E-state index contributed by atoms with van der Waals surface area (Å²) in [7, 11) is 0. The average Bonchev–Trinajstić information content (AvgIpc) is 3.25. The molecule has 0 aliphatic heterocycles. The number of esters is 1. The second-order valence-corrected chi connectivity index (χ2v) is 7.41. The smallest absolute Gasteiger partial charge is 0.378 e. The number of aromatic nitrogens is 3. The molecular weight excluding hydrogens is 433 g/mol. The molecule has 0 amide bonds. The number of benzene rings is 3. The number of ether oxygens (including phenoxy) is 1. The summed E-state index contributed by atoms with van der Waals surface area (Å²) >= 11 is 6.16. The number of rotatable bonds is 6. The van der Waals surface area contributed by atoms with Gasteiger partial charge in [0.25, 0.3) is 5.82 Å². The van der Waals surface area contributed by atoms with Crippen LogP contribution in [0.25, 0.3) is 17.1 Å². The van der Waals surface area contributed by atoms with Gasteiger partial charge >= 0.3 is 5.97 Å². The molecule has 32 heavy (non-hydrogen) atoms. The van der Waals surface area contributed by atoms with Crippen LogP contribution in [-0.2, 0) is 4.74 Å². The van der Waals surface area contributed by atoms with Crippen LogP contribution in [0.15, 0.2) is 72.8 Å². The molecule has 3 aromatic carbocycles. The van der Waals surface area contributed by atoms with E-state index >= 15 is 0 Å². The number of halogens is 2. The van der Waals surface area contributed by atoms with Crippen LogP contribution < -0.4 is 0 Å². The van der Waals surface area contributed by atoms with Crippen molar-refractivity contribution in [3.63, 3.8) is 0 Å². The van der Waals surface area contributed by atoms with E-state index in [-0.39, 0.29) is 11.6 Å². The monoisotopic (exact) mass is 449 g/mol. The third-order valence-electron chi connectivity index (χ3n) is 4.72. The fourth-order valence-electron chi connectivity index (χ4n) is 3.07. The first-order valence-corrected chi connectivity index (χ1v) is 10.0. The molecule has 0 aliphatic rings. The summed E-state index contributed by atoms with van der Waals surface area (Å²) in [6.45, 7) is 1.41. The highest BCUT2D eigenvalue weighted by atomic mass is 35.5. The lowest BCUT2D eigenvalue weighted by atomic mass is 10.1. The summed E-state index contributed by atoms with van der Waals surface area (Å²) in [6, 6.07) is 19.4. The molecule has 8 heteroatoms. The van der Waals surface area contributed by atoms with Crippen LogP contribution in [0.2, 0.25) is 5.02 Å². The van der Waals surface area contributed by atoms with Crippen molar-refractivity contribution in [3.8, 4) is 17.1 Å². The Morgan fingerprint density at radius 2 is 1.75 bits per heavy atom. The zero-order valence-corrected chi connectivity index (χ0v) is 17.7. The molecule has 0 fully saturated rings. The minimum atomic E-state index is -0.851. The molecule has 1 aromatic heterocycles. The van der Waals surface area contributed by atoms with Crippen LogP contribution in [0.1, 0.15) is 26.5 Å². The van der Waals surface area contributed by atoms with Gasteiger partial charge in [-0.05, 0) is 48.9 Å². The van der Waals surface area contributed by atoms with Gasteiger partial charge < -0.3 is 4.74 Å². The number of Topliss-reactive ketones (excluding diaryl/α,β-unsaturated/α-hetero) is 1. The Kier molecular flexibility index (Phi) is 6.09. The number of nitrogens with zero attached hydrogens (tertiary/aromatic N) is 3. The second-order valence-electron chi connectivity index (χ2n) is 6.97. The SMILES string of the molecule is Cc1ccc(Cl)cc1-n1nc(C(=O)OCC(=O)c2ccccc2)nc1-c1ccc(F)cc1. The quantitative estimate of drug-likeness (QED) is 0.303. The largest absolute Gasteiger partial charge is 0.451 e. The number of aryl methyl sites for hydroxylation is 1. The first-order chi connectivity index (χ1) is 15.4. The van der Waals surface area contributed by atoms with Gasteiger partial charge in [-0.1, -0.05) is 48.0 Å². The summed E-state index contributed by atoms with van der Waals surface area (Å²) < 4.78 is 20.0. The molecule has 1 heterocycles. The maximum absolute atomic E-state index is 13.4. The van der Waals surface area contributed by atoms with Crippen LogP contribution in [0, 0.1) is 12.7 Å². The summed E-state index contributed by atoms with van der Waals surface area (Å²) in [4.78, 5) is 29.2. The van der Waals surface area contributed by atoms with Crippen molar-refractivity contribution in [1.82, 2.24) is 14.8 Å². The lowest BCUT2D eigenvalue weighted by molar-refractivity contribution is 0.0462. The lowest BCUT2D eigenvalue weighted by Gasteiger charge is -2.09. The van der Waals surface area contributed by atoms with Crippen LogP contribution in [0.5, 0.6) is 0 Å². The Balaban J connectivity index is 1.67. The molecule has 0 bridgehead atoms. The average molecular weight is 450 g/mol. The van der Waals surface area contributed by atoms with Crippen molar-refractivity contribution in [2.75, 3.05) is 6.61 Å². The summed E-state index contributed by atoms with van der Waals surface area (Å²) in [5, 5.41) is 4.77. The van der Waals surface area contributed by atoms with Crippen LogP contribution in [-0.4, -0.2) is 33.1 Å². The first kappa shape index (κ1) is 21.4. The highest BCUT2D eigenvalue weighted by Gasteiger charge is 2.22. The molecule has 0 saturated carbocycles. The minimum absolute atomic E-state index is 0.232. The van der Waals surface area contributed by atoms with Gasteiger partial charge in [0.15, 0.2) is 18.2 Å². The molecular formula is C24H17ClFN3O3. The van der Waals surface area contributed by atoms with E-state index in [2.05, 4.69) is 10.1 Å². The number of carbonyl (C=O) groups excluding carboxylic acids is 2. The third kappa shape index (κ3) is 4.58. The van der Waals surface area contributed by atoms with E-state index in [1.807, 2.05) is 13.0 Å². The van der Waals surface area contributed by atoms with Gasteiger partial charge in [-0.3, -0.25) is 4.79 Å². The van der Waals surface area contributed by atoms with E-state index < -0.39 is 18.4 Å². The molecule has 0 aliphatic carbocycles. The topological polar surface area (TPSA) is 74.1 Å². The molecule has 0 radical (unpaired) electrons. The van der Waals surface area contributed by atoms with Crippen molar-refractivity contribution in [2.45, 2.75) is 6.92 Å². The van der Waals surface area contributed by atoms with Gasteiger partial charge in [-0.25, -0.2) is 18.9 Å². The molecule has 0 spiro atoms. The van der Waals surface area contributed by atoms with Crippen LogP contribution >= 0.6 is 11.6 Å². The lowest BCUT2D eigenvalue weighted by Crippen LogP contribution is -2.15. The van der Waals surface area contributed by atoms with Gasteiger partial charge in [-0.15, -0.1) is 5.10 Å². The predicted octanol–water partition coefficient (Wildman–Crippen LogP) is 5.07. The van der Waals surface area contributed by atoms with Crippen molar-refractivity contribution < 1.29 is 18.7 Å². The maximum Gasteiger partial charge on any atom is 0.378 e. The van der Waals surface area contributed by atoms with E-state index in [0.717, 1.165) is 5.56 Å². The van der Waals surface area contributed by atoms with E-state index in [1.54, 1.807) is 42.5 Å². The zero-order valence-electron chi connectivity index (χ0n) is 17.0. The maximum atomic E-state index is 13.4. The predicted molar refractivity (Wildman–Crippen MR) is 118 cm³/mol. The second kappa shape index (κ2) is 9.11.